The summed E-state index contributed by atoms with van der Waals surface area (Å²) >= 11 is 14.2. The molecule has 0 aliphatic carbocycles. The number of nitrogens with one attached hydrogen (secondary N) is 2. The zero-order valence-corrected chi connectivity index (χ0v) is 18.8. The highest BCUT2D eigenvalue weighted by Crippen LogP contribution is 2.47. The molecule has 6 nitrogen and oxygen atoms in total. The molecule has 0 saturated heterocycles. The second-order valence-corrected chi connectivity index (χ2v) is 9.33. The van der Waals surface area contributed by atoms with Crippen molar-refractivity contribution in [3.05, 3.63) is 37.7 Å². The van der Waals surface area contributed by atoms with Crippen molar-refractivity contribution in [2.75, 3.05) is 18.5 Å². The molecule has 156 valence electrons. The number of ether oxygens (including phenoxy) is 1. The van der Waals surface area contributed by atoms with Gasteiger partial charge in [0.1, 0.15) is 11.2 Å². The summed E-state index contributed by atoms with van der Waals surface area (Å²) in [5.41, 5.74) is 2.12. The molecule has 0 spiro atoms. The van der Waals surface area contributed by atoms with Crippen LogP contribution in [-0.4, -0.2) is 35.1 Å². The van der Waals surface area contributed by atoms with Gasteiger partial charge in [-0.1, -0.05) is 23.2 Å². The Morgan fingerprint density at radius 1 is 1.38 bits per heavy atom. The van der Waals surface area contributed by atoms with Crippen LogP contribution in [0.2, 0.25) is 10.0 Å². The summed E-state index contributed by atoms with van der Waals surface area (Å²) in [6.07, 6.45) is 0.137. The first-order chi connectivity index (χ1) is 13.8. The van der Waals surface area contributed by atoms with E-state index in [4.69, 9.17) is 27.9 Å². The molecular formula is C20H23Cl2N3O3S. The molecule has 1 atom stereocenters. The molecule has 3 N–H and O–H groups in total. The first-order valence-corrected chi connectivity index (χ1v) is 11.2. The number of hydrogen-bond donors (Lipinski definition) is 3. The lowest BCUT2D eigenvalue weighted by Gasteiger charge is -2.31. The molecule has 0 saturated carbocycles. The van der Waals surface area contributed by atoms with E-state index < -0.39 is 6.17 Å². The van der Waals surface area contributed by atoms with Crippen LogP contribution in [0.1, 0.15) is 53.3 Å². The average molecular weight is 456 g/mol. The largest absolute Gasteiger partial charge is 0.504 e. The van der Waals surface area contributed by atoms with E-state index >= 15 is 0 Å². The predicted octanol–water partition coefficient (Wildman–Crippen LogP) is 4.78. The molecule has 4 rings (SSSR count). The van der Waals surface area contributed by atoms with Gasteiger partial charge in [-0.15, -0.1) is 11.3 Å². The number of nitrogens with zero attached hydrogens (tertiary/aromatic N) is 1. The summed E-state index contributed by atoms with van der Waals surface area (Å²) < 4.78 is 5.46. The molecule has 9 heteroatoms. The number of halogens is 2. The molecule has 2 aromatic rings. The van der Waals surface area contributed by atoms with Crippen molar-refractivity contribution in [2.45, 2.75) is 45.9 Å². The van der Waals surface area contributed by atoms with Crippen LogP contribution >= 0.6 is 34.5 Å². The number of phenols is 1. The average Bonchev–Trinajstić information content (AvgIpc) is 3.04. The van der Waals surface area contributed by atoms with Crippen molar-refractivity contribution >= 4 is 45.4 Å². The SMILES string of the molecule is CCOc1cc(Cl)c(Cl)c([C@@H]2NC(=O)c3c(sc4c3CCN(C(C)C)C4)N2)c1O. The van der Waals surface area contributed by atoms with E-state index in [1.165, 1.54) is 10.9 Å². The van der Waals surface area contributed by atoms with Crippen LogP contribution in [0.3, 0.4) is 0 Å². The van der Waals surface area contributed by atoms with Gasteiger partial charge in [-0.05, 0) is 32.8 Å². The minimum atomic E-state index is -0.707. The number of amides is 1. The number of aromatic hydroxyl groups is 1. The lowest BCUT2D eigenvalue weighted by Crippen LogP contribution is -2.39. The normalized spacial score (nSPS) is 18.8. The van der Waals surface area contributed by atoms with Crippen molar-refractivity contribution in [3.63, 3.8) is 0 Å². The van der Waals surface area contributed by atoms with Crippen molar-refractivity contribution < 1.29 is 14.6 Å². The number of carbonyl (C=O) groups is 1. The van der Waals surface area contributed by atoms with E-state index in [0.717, 1.165) is 30.1 Å². The van der Waals surface area contributed by atoms with Crippen molar-refractivity contribution in [1.82, 2.24) is 10.2 Å². The Morgan fingerprint density at radius 3 is 2.83 bits per heavy atom. The summed E-state index contributed by atoms with van der Waals surface area (Å²) in [5.74, 6) is -0.0701. The number of hydrogen-bond acceptors (Lipinski definition) is 6. The van der Waals surface area contributed by atoms with E-state index in [1.54, 1.807) is 11.3 Å². The lowest BCUT2D eigenvalue weighted by molar-refractivity contribution is 0.0934. The Morgan fingerprint density at radius 2 is 2.14 bits per heavy atom. The molecule has 2 aliphatic heterocycles. The summed E-state index contributed by atoms with van der Waals surface area (Å²) in [4.78, 5) is 16.6. The summed E-state index contributed by atoms with van der Waals surface area (Å²) in [5, 5.41) is 18.2. The van der Waals surface area contributed by atoms with Gasteiger partial charge in [0, 0.05) is 30.1 Å². The highest BCUT2D eigenvalue weighted by atomic mass is 35.5. The van der Waals surface area contributed by atoms with Crippen molar-refractivity contribution in [3.8, 4) is 11.5 Å². The number of thiophene rings is 1. The number of phenolic OH excluding ortho intramolecular Hbond substituents is 1. The Kier molecular flexibility index (Phi) is 5.59. The zero-order valence-electron chi connectivity index (χ0n) is 16.4. The van der Waals surface area contributed by atoms with Crippen LogP contribution in [0, 0.1) is 0 Å². The summed E-state index contributed by atoms with van der Waals surface area (Å²) in [6.45, 7) is 8.30. The Bertz CT molecular complexity index is 977. The maximum atomic E-state index is 13.0. The number of anilines is 1. The fourth-order valence-electron chi connectivity index (χ4n) is 3.86. The van der Waals surface area contributed by atoms with E-state index in [-0.39, 0.29) is 27.5 Å². The molecule has 29 heavy (non-hydrogen) atoms. The van der Waals surface area contributed by atoms with Crippen LogP contribution < -0.4 is 15.4 Å². The first-order valence-electron chi connectivity index (χ1n) is 9.61. The van der Waals surface area contributed by atoms with Gasteiger partial charge < -0.3 is 20.5 Å². The summed E-state index contributed by atoms with van der Waals surface area (Å²) in [7, 11) is 0. The number of fused-ring (bicyclic) bond motifs is 3. The van der Waals surface area contributed by atoms with E-state index in [9.17, 15) is 9.90 Å². The number of benzene rings is 1. The van der Waals surface area contributed by atoms with Crippen molar-refractivity contribution in [1.29, 1.82) is 0 Å². The van der Waals surface area contributed by atoms with Gasteiger partial charge in [0.25, 0.3) is 5.91 Å². The van der Waals surface area contributed by atoms with E-state index in [0.29, 0.717) is 23.8 Å². The summed E-state index contributed by atoms with van der Waals surface area (Å²) in [6, 6.07) is 1.93. The molecule has 1 amide bonds. The molecule has 2 aliphatic rings. The quantitative estimate of drug-likeness (QED) is 0.618. The molecule has 0 fully saturated rings. The second-order valence-electron chi connectivity index (χ2n) is 7.44. The highest BCUT2D eigenvalue weighted by Gasteiger charge is 2.36. The van der Waals surface area contributed by atoms with E-state index in [1.807, 2.05) is 6.92 Å². The molecule has 1 aromatic carbocycles. The van der Waals surface area contributed by atoms with Gasteiger partial charge >= 0.3 is 0 Å². The fraction of sp³-hybridized carbons (Fsp3) is 0.450. The topological polar surface area (TPSA) is 73.8 Å². The molecule has 3 heterocycles. The van der Waals surface area contributed by atoms with Crippen LogP contribution in [-0.2, 0) is 13.0 Å². The van der Waals surface area contributed by atoms with Crippen molar-refractivity contribution in [2.24, 2.45) is 0 Å². The Hall–Kier alpha value is -1.67. The van der Waals surface area contributed by atoms with Gasteiger partial charge in [0.05, 0.1) is 27.8 Å². The van der Waals surface area contributed by atoms with Gasteiger partial charge in [-0.2, -0.15) is 0 Å². The predicted molar refractivity (Wildman–Crippen MR) is 117 cm³/mol. The maximum Gasteiger partial charge on any atom is 0.256 e. The third-order valence-electron chi connectivity index (χ3n) is 5.38. The van der Waals surface area contributed by atoms with Gasteiger partial charge in [0.15, 0.2) is 11.5 Å². The lowest BCUT2D eigenvalue weighted by atomic mass is 9.99. The molecular weight excluding hydrogens is 433 g/mol. The monoisotopic (exact) mass is 455 g/mol. The van der Waals surface area contributed by atoms with Crippen LogP contribution in [0.4, 0.5) is 5.00 Å². The van der Waals surface area contributed by atoms with Gasteiger partial charge in [-0.3, -0.25) is 9.69 Å². The number of carbonyl (C=O) groups excluding carboxylic acids is 1. The molecule has 0 unspecified atom stereocenters. The zero-order chi connectivity index (χ0) is 20.9. The van der Waals surface area contributed by atoms with Crippen LogP contribution in [0.5, 0.6) is 11.5 Å². The number of rotatable bonds is 4. The first kappa shape index (κ1) is 20.6. The van der Waals surface area contributed by atoms with Crippen LogP contribution in [0.25, 0.3) is 0 Å². The maximum absolute atomic E-state index is 13.0. The molecule has 0 bridgehead atoms. The standard InChI is InChI=1S/C20H23Cl2N3O3S/c1-4-28-12-7-11(21)16(22)15(17(12)26)18-23-19(27)14-10-5-6-25(9(2)3)8-13(10)29-20(14)24-18/h7,9,18,24,26H,4-6,8H2,1-3H3,(H,23,27)/t18-/m1/s1. The van der Waals surface area contributed by atoms with Gasteiger partial charge in [0.2, 0.25) is 0 Å². The fourth-order valence-corrected chi connectivity index (χ4v) is 5.61. The third kappa shape index (κ3) is 3.54. The molecule has 1 aromatic heterocycles. The molecule has 0 radical (unpaired) electrons. The Labute approximate surface area is 183 Å². The Balaban J connectivity index is 1.72. The third-order valence-corrected chi connectivity index (χ3v) is 7.33. The smallest absolute Gasteiger partial charge is 0.256 e. The van der Waals surface area contributed by atoms with Gasteiger partial charge in [-0.25, -0.2) is 0 Å². The van der Waals surface area contributed by atoms with Crippen LogP contribution in [0.15, 0.2) is 6.07 Å². The highest BCUT2D eigenvalue weighted by molar-refractivity contribution is 7.16. The minimum Gasteiger partial charge on any atom is -0.504 e. The minimum absolute atomic E-state index is 0.130. The van der Waals surface area contributed by atoms with E-state index in [2.05, 4.69) is 29.4 Å². The second kappa shape index (κ2) is 7.87.